The standard InChI is InChI=1S/C24H21N3O3S/c1-31(29,30)27-24(28)26-23-21-9-5-8-18(21)11-13-22(23)19-14-15-25-20(16-19)12-10-17-6-3-2-4-7-17/h2-4,6-7,11,13-16H,5,8-9H2,1H3,(H2,26,27,28). The highest BCUT2D eigenvalue weighted by Gasteiger charge is 2.21. The highest BCUT2D eigenvalue weighted by Crippen LogP contribution is 2.37. The van der Waals surface area contributed by atoms with Gasteiger partial charge in [0, 0.05) is 17.3 Å². The zero-order chi connectivity index (χ0) is 21.8. The van der Waals surface area contributed by atoms with Crippen LogP contribution in [0.5, 0.6) is 0 Å². The molecule has 2 aromatic carbocycles. The molecule has 0 radical (unpaired) electrons. The number of carbonyl (C=O) groups excluding carboxylic acids is 1. The van der Waals surface area contributed by atoms with Gasteiger partial charge in [0.25, 0.3) is 0 Å². The molecule has 0 atom stereocenters. The lowest BCUT2D eigenvalue weighted by molar-refractivity contribution is 0.256. The molecule has 6 nitrogen and oxygen atoms in total. The van der Waals surface area contributed by atoms with E-state index in [9.17, 15) is 13.2 Å². The van der Waals surface area contributed by atoms with Gasteiger partial charge in [0.2, 0.25) is 10.0 Å². The predicted octanol–water partition coefficient (Wildman–Crippen LogP) is 3.72. The second-order valence-corrected chi connectivity index (χ2v) is 9.10. The van der Waals surface area contributed by atoms with Gasteiger partial charge in [-0.25, -0.2) is 22.9 Å². The molecule has 2 amide bonds. The zero-order valence-electron chi connectivity index (χ0n) is 17.0. The molecule has 2 N–H and O–H groups in total. The molecule has 1 aromatic heterocycles. The van der Waals surface area contributed by atoms with Crippen molar-refractivity contribution in [2.75, 3.05) is 11.6 Å². The highest BCUT2D eigenvalue weighted by atomic mass is 32.2. The van der Waals surface area contributed by atoms with E-state index in [-0.39, 0.29) is 0 Å². The fourth-order valence-corrected chi connectivity index (χ4v) is 4.07. The number of urea groups is 1. The molecule has 0 aliphatic heterocycles. The van der Waals surface area contributed by atoms with Crippen LogP contribution in [0.1, 0.15) is 28.8 Å². The Hall–Kier alpha value is -3.63. The second kappa shape index (κ2) is 8.62. The van der Waals surface area contributed by atoms with Crippen molar-refractivity contribution in [2.45, 2.75) is 19.3 Å². The van der Waals surface area contributed by atoms with Crippen LogP contribution in [-0.2, 0) is 22.9 Å². The van der Waals surface area contributed by atoms with E-state index in [0.717, 1.165) is 53.3 Å². The molecule has 3 aromatic rings. The average Bonchev–Trinajstić information content (AvgIpc) is 3.21. The van der Waals surface area contributed by atoms with E-state index in [0.29, 0.717) is 11.4 Å². The minimum absolute atomic E-state index is 0.605. The van der Waals surface area contributed by atoms with Gasteiger partial charge in [0.05, 0.1) is 11.9 Å². The van der Waals surface area contributed by atoms with Gasteiger partial charge in [-0.15, -0.1) is 0 Å². The maximum Gasteiger partial charge on any atom is 0.332 e. The first kappa shape index (κ1) is 20.6. The lowest BCUT2D eigenvalue weighted by Gasteiger charge is -2.16. The summed E-state index contributed by atoms with van der Waals surface area (Å²) in [6.07, 6.45) is 5.37. The van der Waals surface area contributed by atoms with Gasteiger partial charge in [-0.1, -0.05) is 36.3 Å². The van der Waals surface area contributed by atoms with Gasteiger partial charge in [0.1, 0.15) is 5.69 Å². The smallest absolute Gasteiger partial charge is 0.306 e. The number of rotatable bonds is 3. The summed E-state index contributed by atoms with van der Waals surface area (Å²) in [5.74, 6) is 6.17. The summed E-state index contributed by atoms with van der Waals surface area (Å²) >= 11 is 0. The Bertz CT molecular complexity index is 1310. The number of hydrogen-bond donors (Lipinski definition) is 2. The summed E-state index contributed by atoms with van der Waals surface area (Å²) in [6.45, 7) is 0. The molecule has 0 unspecified atom stereocenters. The molecule has 0 saturated carbocycles. The van der Waals surface area contributed by atoms with Crippen LogP contribution in [-0.4, -0.2) is 25.7 Å². The number of nitrogens with zero attached hydrogens (tertiary/aromatic N) is 1. The Morgan fingerprint density at radius 2 is 1.84 bits per heavy atom. The third-order valence-electron chi connectivity index (χ3n) is 4.98. The fraction of sp³-hybridized carbons (Fsp3) is 0.167. The van der Waals surface area contributed by atoms with Crippen LogP contribution in [0.2, 0.25) is 0 Å². The van der Waals surface area contributed by atoms with E-state index in [1.807, 2.05) is 53.3 Å². The summed E-state index contributed by atoms with van der Waals surface area (Å²) in [6, 6.07) is 16.6. The lowest BCUT2D eigenvalue weighted by Crippen LogP contribution is -2.33. The molecule has 4 rings (SSSR count). The second-order valence-electron chi connectivity index (χ2n) is 7.35. The molecule has 1 heterocycles. The maximum atomic E-state index is 12.3. The van der Waals surface area contributed by atoms with Crippen molar-refractivity contribution in [1.82, 2.24) is 9.71 Å². The van der Waals surface area contributed by atoms with Crippen molar-refractivity contribution in [2.24, 2.45) is 0 Å². The first-order valence-electron chi connectivity index (χ1n) is 9.86. The number of aryl methyl sites for hydroxylation is 1. The van der Waals surface area contributed by atoms with E-state index in [4.69, 9.17) is 0 Å². The molecule has 0 fully saturated rings. The van der Waals surface area contributed by atoms with Crippen molar-refractivity contribution < 1.29 is 13.2 Å². The van der Waals surface area contributed by atoms with Gasteiger partial charge >= 0.3 is 6.03 Å². The molecule has 0 saturated heterocycles. The summed E-state index contributed by atoms with van der Waals surface area (Å²) in [4.78, 5) is 16.6. The van der Waals surface area contributed by atoms with E-state index >= 15 is 0 Å². The van der Waals surface area contributed by atoms with Crippen molar-refractivity contribution in [1.29, 1.82) is 0 Å². The highest BCUT2D eigenvalue weighted by molar-refractivity contribution is 7.89. The van der Waals surface area contributed by atoms with Crippen molar-refractivity contribution in [3.8, 4) is 23.0 Å². The van der Waals surface area contributed by atoms with E-state index in [1.165, 1.54) is 0 Å². The number of anilines is 1. The topological polar surface area (TPSA) is 88.2 Å². The minimum atomic E-state index is -3.67. The van der Waals surface area contributed by atoms with Gasteiger partial charge in [-0.3, -0.25) is 0 Å². The van der Waals surface area contributed by atoms with E-state index in [1.54, 1.807) is 6.20 Å². The number of benzene rings is 2. The number of nitrogens with one attached hydrogen (secondary N) is 2. The van der Waals surface area contributed by atoms with Crippen LogP contribution in [0, 0.1) is 11.8 Å². The normalized spacial score (nSPS) is 12.4. The number of amides is 2. The predicted molar refractivity (Wildman–Crippen MR) is 121 cm³/mol. The fourth-order valence-electron chi connectivity index (χ4n) is 3.68. The third-order valence-corrected chi connectivity index (χ3v) is 5.54. The van der Waals surface area contributed by atoms with Crippen LogP contribution in [0.25, 0.3) is 11.1 Å². The average molecular weight is 432 g/mol. The SMILES string of the molecule is CS(=O)(=O)NC(=O)Nc1c(-c2ccnc(C#Cc3ccccc3)c2)ccc2c1CCC2. The first-order chi connectivity index (χ1) is 14.9. The van der Waals surface area contributed by atoms with Gasteiger partial charge in [0.15, 0.2) is 0 Å². The van der Waals surface area contributed by atoms with E-state index < -0.39 is 16.1 Å². The molecular weight excluding hydrogens is 410 g/mol. The van der Waals surface area contributed by atoms with Crippen LogP contribution < -0.4 is 10.0 Å². The molecule has 156 valence electrons. The molecule has 31 heavy (non-hydrogen) atoms. The monoisotopic (exact) mass is 431 g/mol. The Kier molecular flexibility index (Phi) is 5.74. The number of fused-ring (bicyclic) bond motifs is 1. The number of carbonyl (C=O) groups is 1. The molecule has 1 aliphatic rings. The van der Waals surface area contributed by atoms with Gasteiger partial charge in [-0.05, 0) is 66.1 Å². The van der Waals surface area contributed by atoms with Crippen LogP contribution in [0.3, 0.4) is 0 Å². The van der Waals surface area contributed by atoms with Gasteiger partial charge < -0.3 is 5.32 Å². The summed E-state index contributed by atoms with van der Waals surface area (Å²) < 4.78 is 24.9. The summed E-state index contributed by atoms with van der Waals surface area (Å²) in [5.41, 5.74) is 5.97. The molecule has 0 spiro atoms. The van der Waals surface area contributed by atoms with E-state index in [2.05, 4.69) is 28.2 Å². The zero-order valence-corrected chi connectivity index (χ0v) is 17.8. The van der Waals surface area contributed by atoms with Crippen LogP contribution in [0.4, 0.5) is 10.5 Å². The van der Waals surface area contributed by atoms with Crippen LogP contribution >= 0.6 is 0 Å². The van der Waals surface area contributed by atoms with Crippen molar-refractivity contribution >= 4 is 21.7 Å². The summed E-state index contributed by atoms with van der Waals surface area (Å²) in [5, 5.41) is 2.76. The Morgan fingerprint density at radius 3 is 2.61 bits per heavy atom. The number of hydrogen-bond acceptors (Lipinski definition) is 4. The Labute approximate surface area is 181 Å². The quantitative estimate of drug-likeness (QED) is 0.619. The number of pyridine rings is 1. The largest absolute Gasteiger partial charge is 0.332 e. The Morgan fingerprint density at radius 1 is 1.03 bits per heavy atom. The molecule has 0 bridgehead atoms. The number of aromatic nitrogens is 1. The van der Waals surface area contributed by atoms with Crippen molar-refractivity contribution in [3.05, 3.63) is 83.2 Å². The molecule has 1 aliphatic carbocycles. The molecular formula is C24H21N3O3S. The third kappa shape index (κ3) is 5.11. The minimum Gasteiger partial charge on any atom is -0.306 e. The van der Waals surface area contributed by atoms with Gasteiger partial charge in [-0.2, -0.15) is 0 Å². The van der Waals surface area contributed by atoms with Crippen molar-refractivity contribution in [3.63, 3.8) is 0 Å². The first-order valence-corrected chi connectivity index (χ1v) is 11.8. The number of sulfonamides is 1. The molecule has 7 heteroatoms. The summed E-state index contributed by atoms with van der Waals surface area (Å²) in [7, 11) is -3.67. The maximum absolute atomic E-state index is 12.3. The lowest BCUT2D eigenvalue weighted by atomic mass is 9.97. The Balaban J connectivity index is 1.71. The van der Waals surface area contributed by atoms with Crippen LogP contribution in [0.15, 0.2) is 60.8 Å².